The molecular weight excluding hydrogens is 394 g/mol. The molecule has 0 bridgehead atoms. The molecule has 1 amide bonds. The molecule has 0 aromatic heterocycles. The number of carboxylic acids is 2. The first-order valence-corrected chi connectivity index (χ1v) is 12.7. The summed E-state index contributed by atoms with van der Waals surface area (Å²) in [6, 6.07) is -0.993. The molecule has 0 aliphatic carbocycles. The van der Waals surface area contributed by atoms with E-state index in [1.165, 1.54) is 83.5 Å². The van der Waals surface area contributed by atoms with Crippen LogP contribution in [0, 0.1) is 0 Å². The zero-order valence-corrected chi connectivity index (χ0v) is 19.8. The standard InChI is InChI=1S/C25H47NO5/c1-2-3-4-5-6-7-8-9-10-11-12-13-14-15-16-17-20-23(27)26-22(25(30)31)19-18-21-24(28)29/h22H,2-21H2,1H3,(H,26,27)(H,28,29)(H,30,31)/t22-/m1/s1. The molecule has 0 spiro atoms. The first-order valence-electron chi connectivity index (χ1n) is 12.7. The SMILES string of the molecule is CCCCCCCCCCCCCCCCCCC(=O)N[C@H](CCCC(=O)O)C(=O)O. The van der Waals surface area contributed by atoms with Crippen LogP contribution in [-0.4, -0.2) is 34.1 Å². The third kappa shape index (κ3) is 21.4. The number of carbonyl (C=O) groups is 3. The lowest BCUT2D eigenvalue weighted by atomic mass is 10.0. The van der Waals surface area contributed by atoms with E-state index in [2.05, 4.69) is 12.2 Å². The Hall–Kier alpha value is -1.59. The van der Waals surface area contributed by atoms with Gasteiger partial charge in [0.05, 0.1) is 0 Å². The molecule has 1 atom stereocenters. The van der Waals surface area contributed by atoms with Gasteiger partial charge in [-0.25, -0.2) is 4.79 Å². The predicted molar refractivity (Wildman–Crippen MR) is 125 cm³/mol. The highest BCUT2D eigenvalue weighted by atomic mass is 16.4. The zero-order valence-electron chi connectivity index (χ0n) is 19.8. The summed E-state index contributed by atoms with van der Waals surface area (Å²) in [6.07, 6.45) is 21.0. The van der Waals surface area contributed by atoms with Crippen LogP contribution < -0.4 is 5.32 Å². The first kappa shape index (κ1) is 29.4. The fourth-order valence-electron chi connectivity index (χ4n) is 3.81. The van der Waals surface area contributed by atoms with Gasteiger partial charge in [0.2, 0.25) is 5.91 Å². The van der Waals surface area contributed by atoms with Gasteiger partial charge in [-0.1, -0.05) is 103 Å². The summed E-state index contributed by atoms with van der Waals surface area (Å²) in [5, 5.41) is 20.3. The zero-order chi connectivity index (χ0) is 23.2. The molecule has 6 heteroatoms. The van der Waals surface area contributed by atoms with E-state index in [-0.39, 0.29) is 25.2 Å². The van der Waals surface area contributed by atoms with Crippen molar-refractivity contribution in [3.63, 3.8) is 0 Å². The highest BCUT2D eigenvalue weighted by Gasteiger charge is 2.19. The second-order valence-corrected chi connectivity index (χ2v) is 8.80. The Balaban J connectivity index is 3.46. The lowest BCUT2D eigenvalue weighted by Gasteiger charge is -2.14. The number of hydrogen-bond donors (Lipinski definition) is 3. The van der Waals surface area contributed by atoms with E-state index < -0.39 is 18.0 Å². The summed E-state index contributed by atoms with van der Waals surface area (Å²) in [5.41, 5.74) is 0. The van der Waals surface area contributed by atoms with Crippen molar-refractivity contribution in [3.05, 3.63) is 0 Å². The molecule has 0 aliphatic rings. The third-order valence-corrected chi connectivity index (χ3v) is 5.77. The monoisotopic (exact) mass is 441 g/mol. The van der Waals surface area contributed by atoms with Gasteiger partial charge in [0.25, 0.3) is 0 Å². The highest BCUT2D eigenvalue weighted by molar-refractivity contribution is 5.83. The van der Waals surface area contributed by atoms with Crippen LogP contribution in [0.2, 0.25) is 0 Å². The molecule has 0 rings (SSSR count). The van der Waals surface area contributed by atoms with Crippen LogP contribution in [-0.2, 0) is 14.4 Å². The maximum absolute atomic E-state index is 11.9. The Bertz CT molecular complexity index is 467. The number of aliphatic carboxylic acids is 2. The second kappa shape index (κ2) is 21.6. The Labute approximate surface area is 189 Å². The molecule has 0 unspecified atom stereocenters. The quantitative estimate of drug-likeness (QED) is 0.158. The molecule has 0 aromatic carbocycles. The molecule has 0 fully saturated rings. The van der Waals surface area contributed by atoms with Crippen molar-refractivity contribution < 1.29 is 24.6 Å². The number of amides is 1. The maximum atomic E-state index is 11.9. The Morgan fingerprint density at radius 2 is 1.03 bits per heavy atom. The topological polar surface area (TPSA) is 104 Å². The number of carbonyl (C=O) groups excluding carboxylic acids is 1. The predicted octanol–water partition coefficient (Wildman–Crippen LogP) is 6.46. The molecule has 0 saturated heterocycles. The summed E-state index contributed by atoms with van der Waals surface area (Å²) < 4.78 is 0. The van der Waals surface area contributed by atoms with Crippen molar-refractivity contribution >= 4 is 17.8 Å². The summed E-state index contributed by atoms with van der Waals surface area (Å²) in [4.78, 5) is 33.6. The van der Waals surface area contributed by atoms with E-state index in [4.69, 9.17) is 10.2 Å². The van der Waals surface area contributed by atoms with Gasteiger partial charge in [0, 0.05) is 12.8 Å². The average molecular weight is 442 g/mol. The van der Waals surface area contributed by atoms with E-state index in [0.717, 1.165) is 19.3 Å². The molecule has 0 aromatic rings. The Morgan fingerprint density at radius 1 is 0.613 bits per heavy atom. The minimum absolute atomic E-state index is 0.0845. The molecule has 0 heterocycles. The Kier molecular flexibility index (Phi) is 20.5. The lowest BCUT2D eigenvalue weighted by Crippen LogP contribution is -2.40. The van der Waals surface area contributed by atoms with Crippen LogP contribution >= 0.6 is 0 Å². The minimum Gasteiger partial charge on any atom is -0.481 e. The van der Waals surface area contributed by atoms with Crippen LogP contribution in [0.3, 0.4) is 0 Å². The number of unbranched alkanes of at least 4 members (excludes halogenated alkanes) is 15. The molecule has 31 heavy (non-hydrogen) atoms. The van der Waals surface area contributed by atoms with Crippen LogP contribution in [0.4, 0.5) is 0 Å². The summed E-state index contributed by atoms with van der Waals surface area (Å²) in [7, 11) is 0. The highest BCUT2D eigenvalue weighted by Crippen LogP contribution is 2.14. The average Bonchev–Trinajstić information content (AvgIpc) is 2.72. The number of hydrogen-bond acceptors (Lipinski definition) is 3. The van der Waals surface area contributed by atoms with Gasteiger partial charge in [-0.2, -0.15) is 0 Å². The van der Waals surface area contributed by atoms with Crippen molar-refractivity contribution in [3.8, 4) is 0 Å². The number of nitrogens with one attached hydrogen (secondary N) is 1. The van der Waals surface area contributed by atoms with E-state index >= 15 is 0 Å². The van der Waals surface area contributed by atoms with Crippen LogP contribution in [0.5, 0.6) is 0 Å². The van der Waals surface area contributed by atoms with Gasteiger partial charge in [-0.15, -0.1) is 0 Å². The normalized spacial score (nSPS) is 11.9. The Morgan fingerprint density at radius 3 is 1.42 bits per heavy atom. The third-order valence-electron chi connectivity index (χ3n) is 5.77. The second-order valence-electron chi connectivity index (χ2n) is 8.80. The molecule has 0 radical (unpaired) electrons. The fraction of sp³-hybridized carbons (Fsp3) is 0.880. The van der Waals surface area contributed by atoms with Crippen molar-refractivity contribution in [1.82, 2.24) is 5.32 Å². The van der Waals surface area contributed by atoms with Crippen LogP contribution in [0.1, 0.15) is 135 Å². The maximum Gasteiger partial charge on any atom is 0.326 e. The summed E-state index contributed by atoms with van der Waals surface area (Å²) in [5.74, 6) is -2.32. The summed E-state index contributed by atoms with van der Waals surface area (Å²) in [6.45, 7) is 2.26. The molecule has 6 nitrogen and oxygen atoms in total. The molecular formula is C25H47NO5. The lowest BCUT2D eigenvalue weighted by molar-refractivity contribution is -0.142. The van der Waals surface area contributed by atoms with E-state index in [1.807, 2.05) is 0 Å². The van der Waals surface area contributed by atoms with Gasteiger partial charge in [-0.3, -0.25) is 9.59 Å². The van der Waals surface area contributed by atoms with Gasteiger partial charge in [0.1, 0.15) is 6.04 Å². The van der Waals surface area contributed by atoms with Crippen molar-refractivity contribution in [2.75, 3.05) is 0 Å². The van der Waals surface area contributed by atoms with Crippen LogP contribution in [0.15, 0.2) is 0 Å². The van der Waals surface area contributed by atoms with E-state index in [1.54, 1.807) is 0 Å². The van der Waals surface area contributed by atoms with Crippen LogP contribution in [0.25, 0.3) is 0 Å². The van der Waals surface area contributed by atoms with E-state index in [9.17, 15) is 14.4 Å². The number of carboxylic acid groups (broad SMARTS) is 2. The molecule has 3 N–H and O–H groups in total. The fourth-order valence-corrected chi connectivity index (χ4v) is 3.81. The van der Waals surface area contributed by atoms with Gasteiger partial charge < -0.3 is 15.5 Å². The van der Waals surface area contributed by atoms with Gasteiger partial charge in [-0.05, 0) is 19.3 Å². The number of rotatable bonds is 23. The van der Waals surface area contributed by atoms with E-state index in [0.29, 0.717) is 6.42 Å². The van der Waals surface area contributed by atoms with Gasteiger partial charge in [0.15, 0.2) is 0 Å². The summed E-state index contributed by atoms with van der Waals surface area (Å²) >= 11 is 0. The van der Waals surface area contributed by atoms with Crippen molar-refractivity contribution in [1.29, 1.82) is 0 Å². The first-order chi connectivity index (χ1) is 15.0. The van der Waals surface area contributed by atoms with Crippen molar-refractivity contribution in [2.24, 2.45) is 0 Å². The molecule has 0 saturated carbocycles. The smallest absolute Gasteiger partial charge is 0.326 e. The molecule has 0 aliphatic heterocycles. The molecule has 182 valence electrons. The van der Waals surface area contributed by atoms with Crippen molar-refractivity contribution in [2.45, 2.75) is 141 Å². The van der Waals surface area contributed by atoms with Gasteiger partial charge >= 0.3 is 11.9 Å². The minimum atomic E-state index is -1.11. The largest absolute Gasteiger partial charge is 0.481 e.